The van der Waals surface area contributed by atoms with Gasteiger partial charge in [0.15, 0.2) is 0 Å². The average Bonchev–Trinajstić information content (AvgIpc) is 2.08. The van der Waals surface area contributed by atoms with Crippen LogP contribution in [0.5, 0.6) is 0 Å². The predicted molar refractivity (Wildman–Crippen MR) is 57.5 cm³/mol. The van der Waals surface area contributed by atoms with Gasteiger partial charge >= 0.3 is 0 Å². The zero-order chi connectivity index (χ0) is 9.95. The standard InChI is InChI=1S/C12H21N/c1-5-10-13-12(4)8-6-11(2,3)7-9-12/h1,13H,6-10H2,2-4H3. The minimum atomic E-state index is 0.294. The molecule has 1 fully saturated rings. The molecule has 13 heavy (non-hydrogen) atoms. The van der Waals surface area contributed by atoms with Crippen molar-refractivity contribution in [1.82, 2.24) is 5.32 Å². The van der Waals surface area contributed by atoms with Gasteiger partial charge in [0.05, 0.1) is 6.54 Å². The summed E-state index contributed by atoms with van der Waals surface area (Å²) in [6.45, 7) is 7.71. The van der Waals surface area contributed by atoms with E-state index in [9.17, 15) is 0 Å². The van der Waals surface area contributed by atoms with Gasteiger partial charge in [0.25, 0.3) is 0 Å². The smallest absolute Gasteiger partial charge is 0.0577 e. The highest BCUT2D eigenvalue weighted by atomic mass is 15.0. The van der Waals surface area contributed by atoms with E-state index in [0.29, 0.717) is 17.5 Å². The zero-order valence-electron chi connectivity index (χ0n) is 9.11. The number of rotatable bonds is 2. The molecule has 0 saturated heterocycles. The lowest BCUT2D eigenvalue weighted by Crippen LogP contribution is -2.46. The van der Waals surface area contributed by atoms with Crippen LogP contribution in [0.25, 0.3) is 0 Å². The van der Waals surface area contributed by atoms with E-state index in [1.807, 2.05) is 0 Å². The fourth-order valence-electron chi connectivity index (χ4n) is 1.92. The maximum atomic E-state index is 5.25. The molecule has 0 unspecified atom stereocenters. The molecule has 0 aliphatic heterocycles. The van der Waals surface area contributed by atoms with E-state index in [4.69, 9.17) is 6.42 Å². The Hall–Kier alpha value is -0.480. The highest BCUT2D eigenvalue weighted by Crippen LogP contribution is 2.39. The van der Waals surface area contributed by atoms with Crippen molar-refractivity contribution >= 4 is 0 Å². The average molecular weight is 179 g/mol. The first-order valence-electron chi connectivity index (χ1n) is 5.16. The van der Waals surface area contributed by atoms with Gasteiger partial charge in [-0.05, 0) is 38.0 Å². The quantitative estimate of drug-likeness (QED) is 0.642. The summed E-state index contributed by atoms with van der Waals surface area (Å²) in [4.78, 5) is 0. The monoisotopic (exact) mass is 179 g/mol. The molecular weight excluding hydrogens is 158 g/mol. The maximum absolute atomic E-state index is 5.25. The van der Waals surface area contributed by atoms with Gasteiger partial charge in [-0.25, -0.2) is 0 Å². The number of terminal acetylenes is 1. The molecule has 0 aromatic heterocycles. The van der Waals surface area contributed by atoms with E-state index in [0.717, 1.165) is 0 Å². The summed E-state index contributed by atoms with van der Waals surface area (Å²) in [5, 5.41) is 3.45. The van der Waals surface area contributed by atoms with Crippen molar-refractivity contribution in [3.63, 3.8) is 0 Å². The zero-order valence-corrected chi connectivity index (χ0v) is 9.11. The summed E-state index contributed by atoms with van der Waals surface area (Å²) in [5.41, 5.74) is 0.833. The number of hydrogen-bond donors (Lipinski definition) is 1. The Bertz CT molecular complexity index is 200. The molecule has 0 spiro atoms. The molecule has 1 heteroatoms. The normalized spacial score (nSPS) is 25.1. The molecule has 1 rings (SSSR count). The largest absolute Gasteiger partial charge is 0.301 e. The molecule has 74 valence electrons. The first-order chi connectivity index (χ1) is 5.97. The van der Waals surface area contributed by atoms with Crippen LogP contribution < -0.4 is 5.32 Å². The molecule has 0 radical (unpaired) electrons. The summed E-state index contributed by atoms with van der Waals surface area (Å²) in [7, 11) is 0. The molecule has 1 aliphatic rings. The molecule has 0 bridgehead atoms. The van der Waals surface area contributed by atoms with Gasteiger partial charge < -0.3 is 5.32 Å². The Labute approximate surface area is 82.3 Å². The summed E-state index contributed by atoms with van der Waals surface area (Å²) < 4.78 is 0. The Balaban J connectivity index is 2.43. The van der Waals surface area contributed by atoms with Crippen LogP contribution in [-0.4, -0.2) is 12.1 Å². The van der Waals surface area contributed by atoms with Crippen molar-refractivity contribution in [2.24, 2.45) is 5.41 Å². The van der Waals surface area contributed by atoms with E-state index in [-0.39, 0.29) is 0 Å². The fourth-order valence-corrected chi connectivity index (χ4v) is 1.92. The topological polar surface area (TPSA) is 12.0 Å². The lowest BCUT2D eigenvalue weighted by Gasteiger charge is -2.41. The van der Waals surface area contributed by atoms with Crippen molar-refractivity contribution in [1.29, 1.82) is 0 Å². The van der Waals surface area contributed by atoms with Crippen molar-refractivity contribution in [2.45, 2.75) is 52.0 Å². The van der Waals surface area contributed by atoms with E-state index in [1.54, 1.807) is 0 Å². The Morgan fingerprint density at radius 2 is 1.69 bits per heavy atom. The summed E-state index contributed by atoms with van der Waals surface area (Å²) in [6.07, 6.45) is 10.4. The summed E-state index contributed by atoms with van der Waals surface area (Å²) >= 11 is 0. The lowest BCUT2D eigenvalue weighted by atomic mass is 9.70. The molecule has 1 N–H and O–H groups in total. The predicted octanol–water partition coefficient (Wildman–Crippen LogP) is 2.57. The third-order valence-corrected chi connectivity index (χ3v) is 3.32. The van der Waals surface area contributed by atoms with Crippen molar-refractivity contribution in [2.75, 3.05) is 6.54 Å². The minimum absolute atomic E-state index is 0.294. The van der Waals surface area contributed by atoms with Crippen LogP contribution in [0.1, 0.15) is 46.5 Å². The van der Waals surface area contributed by atoms with Gasteiger partial charge in [0.1, 0.15) is 0 Å². The fraction of sp³-hybridized carbons (Fsp3) is 0.833. The second-order valence-electron chi connectivity index (χ2n) is 5.28. The second kappa shape index (κ2) is 3.72. The number of hydrogen-bond acceptors (Lipinski definition) is 1. The van der Waals surface area contributed by atoms with Crippen LogP contribution in [0.4, 0.5) is 0 Å². The molecule has 1 saturated carbocycles. The van der Waals surface area contributed by atoms with Gasteiger partial charge in [-0.2, -0.15) is 0 Å². The highest BCUT2D eigenvalue weighted by Gasteiger charge is 2.33. The molecular formula is C12H21N. The minimum Gasteiger partial charge on any atom is -0.301 e. The molecule has 0 aromatic carbocycles. The van der Waals surface area contributed by atoms with Crippen LogP contribution in [0.3, 0.4) is 0 Å². The maximum Gasteiger partial charge on any atom is 0.0577 e. The van der Waals surface area contributed by atoms with Crippen LogP contribution in [0.15, 0.2) is 0 Å². The van der Waals surface area contributed by atoms with Gasteiger partial charge in [-0.1, -0.05) is 19.8 Å². The van der Waals surface area contributed by atoms with E-state index < -0.39 is 0 Å². The van der Waals surface area contributed by atoms with E-state index in [1.165, 1.54) is 25.7 Å². The van der Waals surface area contributed by atoms with Crippen LogP contribution in [0, 0.1) is 17.8 Å². The second-order valence-corrected chi connectivity index (χ2v) is 5.28. The Kier molecular flexibility index (Phi) is 3.03. The van der Waals surface area contributed by atoms with Crippen LogP contribution in [0.2, 0.25) is 0 Å². The van der Waals surface area contributed by atoms with Crippen molar-refractivity contribution < 1.29 is 0 Å². The van der Waals surface area contributed by atoms with Crippen molar-refractivity contribution in [3.05, 3.63) is 0 Å². The number of nitrogens with one attached hydrogen (secondary N) is 1. The summed E-state index contributed by atoms with van der Waals surface area (Å²) in [6, 6.07) is 0. The Morgan fingerprint density at radius 1 is 1.15 bits per heavy atom. The van der Waals surface area contributed by atoms with Crippen LogP contribution in [-0.2, 0) is 0 Å². The van der Waals surface area contributed by atoms with Gasteiger partial charge in [-0.15, -0.1) is 6.42 Å². The molecule has 0 heterocycles. The first kappa shape index (κ1) is 10.6. The van der Waals surface area contributed by atoms with E-state index in [2.05, 4.69) is 32.0 Å². The molecule has 0 amide bonds. The first-order valence-corrected chi connectivity index (χ1v) is 5.16. The molecule has 1 aliphatic carbocycles. The molecule has 1 nitrogen and oxygen atoms in total. The molecule has 0 aromatic rings. The Morgan fingerprint density at radius 3 is 2.15 bits per heavy atom. The SMILES string of the molecule is C#CCNC1(C)CCC(C)(C)CC1. The van der Waals surface area contributed by atoms with E-state index >= 15 is 0 Å². The van der Waals surface area contributed by atoms with Gasteiger partial charge in [0, 0.05) is 5.54 Å². The van der Waals surface area contributed by atoms with Crippen LogP contribution >= 0.6 is 0 Å². The van der Waals surface area contributed by atoms with Crippen molar-refractivity contribution in [3.8, 4) is 12.3 Å². The van der Waals surface area contributed by atoms with Gasteiger partial charge in [-0.3, -0.25) is 0 Å². The highest BCUT2D eigenvalue weighted by molar-refractivity contribution is 4.96. The third-order valence-electron chi connectivity index (χ3n) is 3.32. The summed E-state index contributed by atoms with van der Waals surface area (Å²) in [5.74, 6) is 2.65. The molecule has 0 atom stereocenters. The third kappa shape index (κ3) is 3.04. The lowest BCUT2D eigenvalue weighted by molar-refractivity contribution is 0.151. The van der Waals surface area contributed by atoms with Gasteiger partial charge in [0.2, 0.25) is 0 Å².